The van der Waals surface area contributed by atoms with Crippen LogP contribution in [0.1, 0.15) is 33.1 Å². The summed E-state index contributed by atoms with van der Waals surface area (Å²) in [5, 5.41) is 22.7. The molecule has 4 unspecified atom stereocenters. The maximum absolute atomic E-state index is 11.4. The first kappa shape index (κ1) is 27.5. The standard InChI is InChI=1S/C34H38N2O2S/c1-35(21-25-11-5-3-6-12-25)23-27-15-9-17-29(27)33(37)31-19-20-32(39-31)34(38)30-18-10-16-28(30)24-36(2)22-26-13-7-4-8-14-26/h3-20,29-30,33-34,37-38H,21-24H2,1-2H3. The molecule has 202 valence electrons. The Morgan fingerprint density at radius 1 is 0.615 bits per heavy atom. The van der Waals surface area contributed by atoms with E-state index in [0.29, 0.717) is 0 Å². The number of aliphatic hydroxyl groups excluding tert-OH is 2. The van der Waals surface area contributed by atoms with E-state index in [1.165, 1.54) is 33.6 Å². The quantitative estimate of drug-likeness (QED) is 0.284. The molecule has 0 spiro atoms. The molecule has 0 saturated carbocycles. The number of allylic oxidation sites excluding steroid dienone is 4. The Kier molecular flexibility index (Phi) is 9.07. The summed E-state index contributed by atoms with van der Waals surface area (Å²) in [6.07, 6.45) is 11.3. The predicted octanol–water partition coefficient (Wildman–Crippen LogP) is 6.30. The van der Waals surface area contributed by atoms with Crippen LogP contribution >= 0.6 is 11.3 Å². The van der Waals surface area contributed by atoms with Crippen LogP contribution < -0.4 is 0 Å². The van der Waals surface area contributed by atoms with E-state index in [4.69, 9.17) is 0 Å². The van der Waals surface area contributed by atoms with Crippen LogP contribution in [0, 0.1) is 11.8 Å². The molecule has 0 aliphatic heterocycles. The SMILES string of the molecule is CN(CC1=CC=CC1C(O)c1ccc(C(O)C2C=CC=C2CN(C)Cc2ccccc2)s1)Cc1ccccc1. The van der Waals surface area contributed by atoms with Gasteiger partial charge < -0.3 is 10.2 Å². The first-order chi connectivity index (χ1) is 19.0. The van der Waals surface area contributed by atoms with Crippen molar-refractivity contribution in [2.75, 3.05) is 27.2 Å². The van der Waals surface area contributed by atoms with Crippen molar-refractivity contribution in [1.82, 2.24) is 9.80 Å². The van der Waals surface area contributed by atoms with Gasteiger partial charge in [0.2, 0.25) is 0 Å². The molecule has 0 amide bonds. The number of aliphatic hydroxyl groups is 2. The van der Waals surface area contributed by atoms with Gasteiger partial charge in [-0.1, -0.05) is 97.1 Å². The van der Waals surface area contributed by atoms with Gasteiger partial charge in [0, 0.05) is 47.8 Å². The van der Waals surface area contributed by atoms with E-state index < -0.39 is 12.2 Å². The second-order valence-electron chi connectivity index (χ2n) is 10.8. The lowest BCUT2D eigenvalue weighted by Crippen LogP contribution is -2.24. The zero-order chi connectivity index (χ0) is 27.2. The highest BCUT2D eigenvalue weighted by molar-refractivity contribution is 7.12. The Morgan fingerprint density at radius 2 is 1.03 bits per heavy atom. The third kappa shape index (κ3) is 6.93. The fraction of sp³-hybridized carbons (Fsp3) is 0.294. The molecule has 5 rings (SSSR count). The van der Waals surface area contributed by atoms with Gasteiger partial charge in [0.15, 0.2) is 0 Å². The van der Waals surface area contributed by atoms with Crippen molar-refractivity contribution in [3.8, 4) is 0 Å². The van der Waals surface area contributed by atoms with E-state index in [9.17, 15) is 10.2 Å². The molecule has 2 N–H and O–H groups in total. The third-order valence-electron chi connectivity index (χ3n) is 7.52. The second kappa shape index (κ2) is 12.9. The Balaban J connectivity index is 1.19. The zero-order valence-electron chi connectivity index (χ0n) is 22.7. The zero-order valence-corrected chi connectivity index (χ0v) is 23.5. The van der Waals surface area contributed by atoms with Crippen LogP contribution in [-0.4, -0.2) is 47.2 Å². The molecule has 1 aromatic heterocycles. The Hall–Kier alpha value is -3.06. The van der Waals surface area contributed by atoms with E-state index in [-0.39, 0.29) is 11.8 Å². The average molecular weight is 539 g/mol. The molecule has 5 heteroatoms. The number of thiophene rings is 1. The molecular weight excluding hydrogens is 500 g/mol. The van der Waals surface area contributed by atoms with Gasteiger partial charge in [0.05, 0.1) is 12.2 Å². The van der Waals surface area contributed by atoms with E-state index in [0.717, 1.165) is 35.9 Å². The smallest absolute Gasteiger partial charge is 0.0982 e. The van der Waals surface area contributed by atoms with Crippen LogP contribution in [0.3, 0.4) is 0 Å². The number of likely N-dealkylation sites (N-methyl/N-ethyl adjacent to an activating group) is 2. The summed E-state index contributed by atoms with van der Waals surface area (Å²) in [7, 11) is 4.24. The molecule has 2 aliphatic carbocycles. The van der Waals surface area contributed by atoms with Gasteiger partial charge in [-0.25, -0.2) is 0 Å². The van der Waals surface area contributed by atoms with Gasteiger partial charge in [0.1, 0.15) is 0 Å². The van der Waals surface area contributed by atoms with Crippen molar-refractivity contribution in [2.24, 2.45) is 11.8 Å². The summed E-state index contributed by atoms with van der Waals surface area (Å²) < 4.78 is 0. The van der Waals surface area contributed by atoms with Gasteiger partial charge in [-0.3, -0.25) is 9.80 Å². The van der Waals surface area contributed by atoms with Gasteiger partial charge in [-0.05, 0) is 48.5 Å². The largest absolute Gasteiger partial charge is 0.387 e. The summed E-state index contributed by atoms with van der Waals surface area (Å²) in [6.45, 7) is 3.31. The predicted molar refractivity (Wildman–Crippen MR) is 161 cm³/mol. The molecule has 1 heterocycles. The van der Waals surface area contributed by atoms with E-state index >= 15 is 0 Å². The van der Waals surface area contributed by atoms with Gasteiger partial charge in [-0.15, -0.1) is 11.3 Å². The van der Waals surface area contributed by atoms with Crippen LogP contribution in [-0.2, 0) is 13.1 Å². The normalized spacial score (nSPS) is 20.1. The van der Waals surface area contributed by atoms with Crippen molar-refractivity contribution in [2.45, 2.75) is 25.3 Å². The fourth-order valence-corrected chi connectivity index (χ4v) is 6.64. The second-order valence-corrected chi connectivity index (χ2v) is 11.9. The number of nitrogens with zero attached hydrogens (tertiary/aromatic N) is 2. The average Bonchev–Trinajstić information content (AvgIpc) is 3.71. The van der Waals surface area contributed by atoms with E-state index in [2.05, 4.69) is 109 Å². The van der Waals surface area contributed by atoms with E-state index in [1.807, 2.05) is 24.3 Å². The molecule has 4 atom stereocenters. The lowest BCUT2D eigenvalue weighted by Gasteiger charge is -2.25. The maximum atomic E-state index is 11.4. The Bertz CT molecular complexity index is 1240. The minimum Gasteiger partial charge on any atom is -0.387 e. The topological polar surface area (TPSA) is 46.9 Å². The molecule has 2 aliphatic rings. The molecule has 0 fully saturated rings. The maximum Gasteiger partial charge on any atom is 0.0982 e. The highest BCUT2D eigenvalue weighted by Gasteiger charge is 2.30. The molecule has 0 saturated heterocycles. The fourth-order valence-electron chi connectivity index (χ4n) is 5.57. The van der Waals surface area contributed by atoms with Crippen molar-refractivity contribution < 1.29 is 10.2 Å². The van der Waals surface area contributed by atoms with Crippen molar-refractivity contribution in [1.29, 1.82) is 0 Å². The van der Waals surface area contributed by atoms with Crippen molar-refractivity contribution in [3.05, 3.63) is 141 Å². The first-order valence-electron chi connectivity index (χ1n) is 13.6. The molecule has 3 aromatic rings. The monoisotopic (exact) mass is 538 g/mol. The summed E-state index contributed by atoms with van der Waals surface area (Å²) in [6, 6.07) is 24.9. The highest BCUT2D eigenvalue weighted by Crippen LogP contribution is 2.40. The van der Waals surface area contributed by atoms with Gasteiger partial charge in [0.25, 0.3) is 0 Å². The van der Waals surface area contributed by atoms with Crippen LogP contribution in [0.2, 0.25) is 0 Å². The summed E-state index contributed by atoms with van der Waals surface area (Å²) in [5.41, 5.74) is 4.98. The number of rotatable bonds is 12. The minimum atomic E-state index is -0.628. The van der Waals surface area contributed by atoms with Crippen LogP contribution in [0.4, 0.5) is 0 Å². The molecule has 2 aromatic carbocycles. The lowest BCUT2D eigenvalue weighted by atomic mass is 9.94. The van der Waals surface area contributed by atoms with Crippen LogP contribution in [0.25, 0.3) is 0 Å². The molecular formula is C34H38N2O2S. The van der Waals surface area contributed by atoms with Crippen molar-refractivity contribution in [3.63, 3.8) is 0 Å². The third-order valence-corrected chi connectivity index (χ3v) is 8.75. The van der Waals surface area contributed by atoms with Gasteiger partial charge >= 0.3 is 0 Å². The highest BCUT2D eigenvalue weighted by atomic mass is 32.1. The summed E-state index contributed by atoms with van der Waals surface area (Å²) in [4.78, 5) is 6.36. The summed E-state index contributed by atoms with van der Waals surface area (Å²) in [5.74, 6) is -0.110. The molecule has 4 nitrogen and oxygen atoms in total. The van der Waals surface area contributed by atoms with Crippen LogP contribution in [0.5, 0.6) is 0 Å². The number of benzene rings is 2. The molecule has 0 radical (unpaired) electrons. The van der Waals surface area contributed by atoms with Crippen LogP contribution in [0.15, 0.2) is 120 Å². The van der Waals surface area contributed by atoms with Gasteiger partial charge in [-0.2, -0.15) is 0 Å². The Labute approximate surface area is 236 Å². The minimum absolute atomic E-state index is 0.0552. The number of hydrogen-bond donors (Lipinski definition) is 2. The molecule has 0 bridgehead atoms. The first-order valence-corrected chi connectivity index (χ1v) is 14.4. The molecule has 39 heavy (non-hydrogen) atoms. The van der Waals surface area contributed by atoms with E-state index in [1.54, 1.807) is 0 Å². The van der Waals surface area contributed by atoms with Crippen molar-refractivity contribution >= 4 is 11.3 Å². The lowest BCUT2D eigenvalue weighted by molar-refractivity contribution is 0.146. The number of hydrogen-bond acceptors (Lipinski definition) is 5. The Morgan fingerprint density at radius 3 is 1.44 bits per heavy atom. The summed E-state index contributed by atoms with van der Waals surface area (Å²) >= 11 is 1.52.